The number of hydrogen-bond donors (Lipinski definition) is 1. The molecule has 1 unspecified atom stereocenters. The van der Waals surface area contributed by atoms with Gasteiger partial charge in [-0.3, -0.25) is 0 Å². The molecule has 3 heteroatoms. The lowest BCUT2D eigenvalue weighted by Gasteiger charge is -2.25. The van der Waals surface area contributed by atoms with E-state index in [0.717, 1.165) is 25.7 Å². The molecule has 14 heavy (non-hydrogen) atoms. The fourth-order valence-electron chi connectivity index (χ4n) is 1.20. The van der Waals surface area contributed by atoms with Crippen LogP contribution in [0.1, 0.15) is 52.9 Å². The van der Waals surface area contributed by atoms with Crippen molar-refractivity contribution in [3.63, 3.8) is 0 Å². The molecule has 0 amide bonds. The summed E-state index contributed by atoms with van der Waals surface area (Å²) in [5.74, 6) is -0.845. The van der Waals surface area contributed by atoms with Crippen molar-refractivity contribution in [1.29, 1.82) is 0 Å². The van der Waals surface area contributed by atoms with Crippen LogP contribution in [-0.2, 0) is 9.53 Å². The summed E-state index contributed by atoms with van der Waals surface area (Å²) < 4.78 is 5.43. The summed E-state index contributed by atoms with van der Waals surface area (Å²) in [6.07, 6.45) is 4.45. The highest BCUT2D eigenvalue weighted by molar-refractivity contribution is 5.76. The molecule has 0 aromatic carbocycles. The summed E-state index contributed by atoms with van der Waals surface area (Å²) in [6.45, 7) is 6.32. The van der Waals surface area contributed by atoms with Gasteiger partial charge >= 0.3 is 5.97 Å². The van der Waals surface area contributed by atoms with Gasteiger partial charge in [0.1, 0.15) is 0 Å². The normalized spacial score (nSPS) is 15.1. The minimum atomic E-state index is -0.981. The topological polar surface area (TPSA) is 46.5 Å². The zero-order chi connectivity index (χ0) is 11.0. The molecule has 0 saturated carbocycles. The highest BCUT2D eigenvalue weighted by Gasteiger charge is 2.32. The highest BCUT2D eigenvalue weighted by atomic mass is 16.5. The Labute approximate surface area is 86.5 Å². The third-order valence-electron chi connectivity index (χ3n) is 2.38. The Morgan fingerprint density at radius 3 is 2.29 bits per heavy atom. The minimum absolute atomic E-state index is 0.545. The van der Waals surface area contributed by atoms with Gasteiger partial charge in [-0.2, -0.15) is 0 Å². The lowest BCUT2D eigenvalue weighted by atomic mass is 9.99. The summed E-state index contributed by atoms with van der Waals surface area (Å²) in [4.78, 5) is 11.0. The second kappa shape index (κ2) is 6.82. The molecule has 0 aromatic rings. The van der Waals surface area contributed by atoms with Gasteiger partial charge in [-0.1, -0.05) is 33.1 Å². The third-order valence-corrected chi connectivity index (χ3v) is 2.38. The fourth-order valence-corrected chi connectivity index (χ4v) is 1.20. The maximum Gasteiger partial charge on any atom is 0.335 e. The van der Waals surface area contributed by atoms with Crippen LogP contribution >= 0.6 is 0 Å². The van der Waals surface area contributed by atoms with Crippen molar-refractivity contribution in [2.45, 2.75) is 58.5 Å². The molecule has 3 nitrogen and oxygen atoms in total. The van der Waals surface area contributed by atoms with Gasteiger partial charge in [0, 0.05) is 6.61 Å². The smallest absolute Gasteiger partial charge is 0.335 e. The summed E-state index contributed by atoms with van der Waals surface area (Å²) >= 11 is 0. The van der Waals surface area contributed by atoms with Gasteiger partial charge in [-0.25, -0.2) is 4.79 Å². The van der Waals surface area contributed by atoms with Crippen molar-refractivity contribution in [2.75, 3.05) is 6.61 Å². The first kappa shape index (κ1) is 13.4. The van der Waals surface area contributed by atoms with Gasteiger partial charge in [-0.05, 0) is 19.8 Å². The van der Waals surface area contributed by atoms with Crippen LogP contribution in [0.2, 0.25) is 0 Å². The molecule has 0 aliphatic rings. The van der Waals surface area contributed by atoms with Crippen LogP contribution in [0.3, 0.4) is 0 Å². The maximum atomic E-state index is 11.0. The number of ether oxygens (including phenoxy) is 1. The van der Waals surface area contributed by atoms with E-state index in [1.165, 1.54) is 0 Å². The molecule has 0 aliphatic heterocycles. The van der Waals surface area contributed by atoms with E-state index in [4.69, 9.17) is 9.84 Å². The molecule has 0 rings (SSSR count). The Kier molecular flexibility index (Phi) is 6.54. The standard InChI is InChI=1S/C11H22O3/c1-4-6-8-11(3,10(12)13)14-9-7-5-2/h4-9H2,1-3H3,(H,12,13). The Balaban J connectivity index is 4.03. The molecule has 0 heterocycles. The van der Waals surface area contributed by atoms with Gasteiger partial charge in [0.2, 0.25) is 0 Å². The first-order chi connectivity index (χ1) is 6.56. The van der Waals surface area contributed by atoms with E-state index >= 15 is 0 Å². The van der Waals surface area contributed by atoms with Crippen LogP contribution in [0.4, 0.5) is 0 Å². The number of carboxylic acid groups (broad SMARTS) is 1. The maximum absolute atomic E-state index is 11.0. The summed E-state index contributed by atoms with van der Waals surface area (Å²) in [6, 6.07) is 0. The van der Waals surface area contributed by atoms with E-state index in [2.05, 4.69) is 6.92 Å². The largest absolute Gasteiger partial charge is 0.479 e. The van der Waals surface area contributed by atoms with E-state index in [0.29, 0.717) is 13.0 Å². The van der Waals surface area contributed by atoms with Crippen LogP contribution in [0.15, 0.2) is 0 Å². The Morgan fingerprint density at radius 1 is 1.29 bits per heavy atom. The lowest BCUT2D eigenvalue weighted by molar-refractivity contribution is -0.164. The van der Waals surface area contributed by atoms with Crippen LogP contribution in [0, 0.1) is 0 Å². The number of unbranched alkanes of at least 4 members (excludes halogenated alkanes) is 2. The van der Waals surface area contributed by atoms with E-state index in [-0.39, 0.29) is 0 Å². The van der Waals surface area contributed by atoms with Gasteiger partial charge in [0.15, 0.2) is 5.60 Å². The van der Waals surface area contributed by atoms with Crippen molar-refractivity contribution < 1.29 is 14.6 Å². The molecular weight excluding hydrogens is 180 g/mol. The number of aliphatic carboxylic acids is 1. The molecule has 0 radical (unpaired) electrons. The predicted octanol–water partition coefficient (Wildman–Crippen LogP) is 2.84. The third kappa shape index (κ3) is 4.61. The van der Waals surface area contributed by atoms with Crippen molar-refractivity contribution in [1.82, 2.24) is 0 Å². The molecule has 0 spiro atoms. The van der Waals surface area contributed by atoms with Gasteiger partial charge in [-0.15, -0.1) is 0 Å². The van der Waals surface area contributed by atoms with Gasteiger partial charge in [0.25, 0.3) is 0 Å². The zero-order valence-electron chi connectivity index (χ0n) is 9.51. The number of carboxylic acids is 1. The molecular formula is C11H22O3. The number of hydrogen-bond acceptors (Lipinski definition) is 2. The molecule has 0 bridgehead atoms. The van der Waals surface area contributed by atoms with Gasteiger partial charge in [0.05, 0.1) is 0 Å². The van der Waals surface area contributed by atoms with Crippen molar-refractivity contribution in [3.8, 4) is 0 Å². The first-order valence-electron chi connectivity index (χ1n) is 5.44. The second-order valence-electron chi connectivity index (χ2n) is 3.84. The Morgan fingerprint density at radius 2 is 1.86 bits per heavy atom. The summed E-state index contributed by atoms with van der Waals surface area (Å²) in [7, 11) is 0. The number of rotatable bonds is 8. The second-order valence-corrected chi connectivity index (χ2v) is 3.84. The molecule has 0 fully saturated rings. The fraction of sp³-hybridized carbons (Fsp3) is 0.909. The van der Waals surface area contributed by atoms with Gasteiger partial charge < -0.3 is 9.84 Å². The highest BCUT2D eigenvalue weighted by Crippen LogP contribution is 2.19. The average molecular weight is 202 g/mol. The van der Waals surface area contributed by atoms with Crippen LogP contribution in [-0.4, -0.2) is 23.3 Å². The zero-order valence-corrected chi connectivity index (χ0v) is 9.51. The molecule has 84 valence electrons. The Bertz CT molecular complexity index is 168. The monoisotopic (exact) mass is 202 g/mol. The molecule has 0 aliphatic carbocycles. The van der Waals surface area contributed by atoms with Crippen molar-refractivity contribution in [3.05, 3.63) is 0 Å². The van der Waals surface area contributed by atoms with E-state index in [1.54, 1.807) is 6.92 Å². The molecule has 1 N–H and O–H groups in total. The lowest BCUT2D eigenvalue weighted by Crippen LogP contribution is -2.38. The molecule has 1 atom stereocenters. The average Bonchev–Trinajstić information content (AvgIpc) is 2.15. The SMILES string of the molecule is CCCCOC(C)(CCCC)C(=O)O. The Hall–Kier alpha value is -0.570. The van der Waals surface area contributed by atoms with Crippen molar-refractivity contribution in [2.24, 2.45) is 0 Å². The van der Waals surface area contributed by atoms with E-state index < -0.39 is 11.6 Å². The van der Waals surface area contributed by atoms with Crippen LogP contribution in [0.25, 0.3) is 0 Å². The number of carbonyl (C=O) groups is 1. The van der Waals surface area contributed by atoms with Crippen LogP contribution < -0.4 is 0 Å². The molecule has 0 saturated heterocycles. The molecule has 0 aromatic heterocycles. The predicted molar refractivity (Wildman–Crippen MR) is 56.4 cm³/mol. The summed E-state index contributed by atoms with van der Waals surface area (Å²) in [5.41, 5.74) is -0.981. The van der Waals surface area contributed by atoms with E-state index in [1.807, 2.05) is 6.92 Å². The van der Waals surface area contributed by atoms with E-state index in [9.17, 15) is 4.79 Å². The van der Waals surface area contributed by atoms with Crippen molar-refractivity contribution >= 4 is 5.97 Å². The summed E-state index contributed by atoms with van der Waals surface area (Å²) in [5, 5.41) is 9.03. The first-order valence-corrected chi connectivity index (χ1v) is 5.44. The quantitative estimate of drug-likeness (QED) is 0.616. The van der Waals surface area contributed by atoms with Crippen LogP contribution in [0.5, 0.6) is 0 Å². The minimum Gasteiger partial charge on any atom is -0.479 e.